The van der Waals surface area contributed by atoms with E-state index in [1.165, 1.54) is 12.1 Å². The van der Waals surface area contributed by atoms with Crippen LogP contribution in [0.25, 0.3) is 0 Å². The summed E-state index contributed by atoms with van der Waals surface area (Å²) >= 11 is 0. The van der Waals surface area contributed by atoms with E-state index in [-0.39, 0.29) is 17.5 Å². The van der Waals surface area contributed by atoms with Crippen LogP contribution in [-0.4, -0.2) is 18.9 Å². The first-order valence-corrected chi connectivity index (χ1v) is 5.74. The molecule has 0 saturated heterocycles. The number of carbonyl (C=O) groups excluding carboxylic acids is 1. The second-order valence-electron chi connectivity index (χ2n) is 4.05. The Hall–Kier alpha value is -1.42. The zero-order valence-electron chi connectivity index (χ0n) is 10.2. The van der Waals surface area contributed by atoms with Crippen LogP contribution in [0.4, 0.5) is 4.39 Å². The molecular formula is C13H18FNO2. The fourth-order valence-corrected chi connectivity index (χ4v) is 1.46. The van der Waals surface area contributed by atoms with Gasteiger partial charge in [-0.15, -0.1) is 0 Å². The van der Waals surface area contributed by atoms with Crippen molar-refractivity contribution in [1.29, 1.82) is 0 Å². The monoisotopic (exact) mass is 239 g/mol. The lowest BCUT2D eigenvalue weighted by Crippen LogP contribution is -2.15. The molecular weight excluding hydrogens is 221 g/mol. The van der Waals surface area contributed by atoms with Crippen molar-refractivity contribution < 1.29 is 13.9 Å². The number of benzene rings is 1. The minimum absolute atomic E-state index is 0.0927. The van der Waals surface area contributed by atoms with Gasteiger partial charge >= 0.3 is 0 Å². The maximum Gasteiger partial charge on any atom is 0.165 e. The zero-order chi connectivity index (χ0) is 12.8. The molecule has 4 heteroatoms. The summed E-state index contributed by atoms with van der Waals surface area (Å²) in [4.78, 5) is 11.8. The van der Waals surface area contributed by atoms with Crippen molar-refractivity contribution in [2.24, 2.45) is 11.7 Å². The third-order valence-electron chi connectivity index (χ3n) is 2.49. The van der Waals surface area contributed by atoms with Crippen LogP contribution in [0.1, 0.15) is 30.6 Å². The predicted molar refractivity (Wildman–Crippen MR) is 64.7 cm³/mol. The summed E-state index contributed by atoms with van der Waals surface area (Å²) < 4.78 is 18.6. The number of carbonyl (C=O) groups is 1. The van der Waals surface area contributed by atoms with E-state index in [1.807, 2.05) is 6.92 Å². The lowest BCUT2D eigenvalue weighted by atomic mass is 10.00. The third-order valence-corrected chi connectivity index (χ3v) is 2.49. The maximum atomic E-state index is 13.5. The van der Waals surface area contributed by atoms with Gasteiger partial charge in [-0.2, -0.15) is 0 Å². The first kappa shape index (κ1) is 13.6. The summed E-state index contributed by atoms with van der Waals surface area (Å²) in [6.07, 6.45) is 0.337. The summed E-state index contributed by atoms with van der Waals surface area (Å²) in [6, 6.07) is 4.29. The van der Waals surface area contributed by atoms with Crippen LogP contribution in [0, 0.1) is 11.7 Å². The largest absolute Gasteiger partial charge is 0.491 e. The Balaban J connectivity index is 2.79. The smallest absolute Gasteiger partial charge is 0.165 e. The van der Waals surface area contributed by atoms with Crippen LogP contribution >= 0.6 is 0 Å². The van der Waals surface area contributed by atoms with Gasteiger partial charge < -0.3 is 10.5 Å². The number of ether oxygens (including phenoxy) is 1. The van der Waals surface area contributed by atoms with Crippen molar-refractivity contribution in [3.8, 4) is 5.75 Å². The highest BCUT2D eigenvalue weighted by atomic mass is 19.1. The Morgan fingerprint density at radius 3 is 2.76 bits per heavy atom. The molecule has 1 aromatic rings. The average molecular weight is 239 g/mol. The molecule has 0 aromatic heterocycles. The Kier molecular flexibility index (Phi) is 5.10. The normalized spacial score (nSPS) is 12.2. The van der Waals surface area contributed by atoms with Crippen molar-refractivity contribution in [3.05, 3.63) is 29.6 Å². The SMILES string of the molecule is CCOc1ccc(C(=O)CC(C)CN)cc1F. The van der Waals surface area contributed by atoms with Crippen LogP contribution < -0.4 is 10.5 Å². The molecule has 3 nitrogen and oxygen atoms in total. The molecule has 1 unspecified atom stereocenters. The van der Waals surface area contributed by atoms with Crippen LogP contribution in [-0.2, 0) is 0 Å². The Morgan fingerprint density at radius 1 is 1.53 bits per heavy atom. The van der Waals surface area contributed by atoms with Gasteiger partial charge in [0.1, 0.15) is 0 Å². The molecule has 1 atom stereocenters. The number of ketones is 1. The van der Waals surface area contributed by atoms with E-state index in [1.54, 1.807) is 13.0 Å². The highest BCUT2D eigenvalue weighted by Gasteiger charge is 2.13. The van der Waals surface area contributed by atoms with E-state index in [0.29, 0.717) is 25.1 Å². The number of halogens is 1. The lowest BCUT2D eigenvalue weighted by Gasteiger charge is -2.09. The second kappa shape index (κ2) is 6.35. The molecule has 0 bridgehead atoms. The molecule has 2 N–H and O–H groups in total. The highest BCUT2D eigenvalue weighted by molar-refractivity contribution is 5.96. The number of rotatable bonds is 6. The molecule has 0 amide bonds. The van der Waals surface area contributed by atoms with E-state index in [4.69, 9.17) is 10.5 Å². The number of hydrogen-bond donors (Lipinski definition) is 1. The van der Waals surface area contributed by atoms with Gasteiger partial charge in [0, 0.05) is 12.0 Å². The summed E-state index contributed by atoms with van der Waals surface area (Å²) in [6.45, 7) is 4.52. The van der Waals surface area contributed by atoms with E-state index < -0.39 is 5.82 Å². The van der Waals surface area contributed by atoms with Gasteiger partial charge in [0.15, 0.2) is 17.3 Å². The first-order valence-electron chi connectivity index (χ1n) is 5.74. The van der Waals surface area contributed by atoms with Gasteiger partial charge in [-0.05, 0) is 37.6 Å². The fraction of sp³-hybridized carbons (Fsp3) is 0.462. The summed E-state index contributed by atoms with van der Waals surface area (Å²) in [5.74, 6) is -0.309. The quantitative estimate of drug-likeness (QED) is 0.775. The van der Waals surface area contributed by atoms with Crippen LogP contribution in [0.2, 0.25) is 0 Å². The Morgan fingerprint density at radius 2 is 2.24 bits per heavy atom. The average Bonchev–Trinajstić information content (AvgIpc) is 2.31. The number of hydrogen-bond acceptors (Lipinski definition) is 3. The molecule has 0 aliphatic heterocycles. The minimum Gasteiger partial charge on any atom is -0.491 e. The van der Waals surface area contributed by atoms with Crippen LogP contribution in [0.5, 0.6) is 5.75 Å². The highest BCUT2D eigenvalue weighted by Crippen LogP contribution is 2.20. The lowest BCUT2D eigenvalue weighted by molar-refractivity contribution is 0.0965. The van der Waals surface area contributed by atoms with Crippen molar-refractivity contribution in [3.63, 3.8) is 0 Å². The number of Topliss-reactive ketones (excluding diaryl/α,β-unsaturated/α-hetero) is 1. The van der Waals surface area contributed by atoms with E-state index in [9.17, 15) is 9.18 Å². The standard InChI is InChI=1S/C13H18FNO2/c1-3-17-13-5-4-10(7-11(13)14)12(16)6-9(2)8-15/h4-5,7,9H,3,6,8,15H2,1-2H3. The van der Waals surface area contributed by atoms with E-state index in [2.05, 4.69) is 0 Å². The molecule has 0 aliphatic rings. The summed E-state index contributed by atoms with van der Waals surface area (Å²) in [7, 11) is 0. The van der Waals surface area contributed by atoms with Gasteiger partial charge in [0.2, 0.25) is 0 Å². The molecule has 1 rings (SSSR count). The molecule has 94 valence electrons. The molecule has 0 radical (unpaired) electrons. The van der Waals surface area contributed by atoms with Crippen LogP contribution in [0.3, 0.4) is 0 Å². The summed E-state index contributed by atoms with van der Waals surface area (Å²) in [5, 5.41) is 0. The predicted octanol–water partition coefficient (Wildman–Crippen LogP) is 2.39. The van der Waals surface area contributed by atoms with E-state index >= 15 is 0 Å². The first-order chi connectivity index (χ1) is 8.08. The Labute approximate surface area is 101 Å². The minimum atomic E-state index is -0.502. The molecule has 0 fully saturated rings. The van der Waals surface area contributed by atoms with Gasteiger partial charge in [0.05, 0.1) is 6.61 Å². The second-order valence-corrected chi connectivity index (χ2v) is 4.05. The summed E-state index contributed by atoms with van der Waals surface area (Å²) in [5.41, 5.74) is 5.81. The van der Waals surface area contributed by atoms with Gasteiger partial charge in [-0.25, -0.2) is 4.39 Å². The number of nitrogens with two attached hydrogens (primary N) is 1. The van der Waals surface area contributed by atoms with Gasteiger partial charge in [-0.3, -0.25) is 4.79 Å². The van der Waals surface area contributed by atoms with Crippen molar-refractivity contribution >= 4 is 5.78 Å². The molecule has 0 heterocycles. The molecule has 0 aliphatic carbocycles. The zero-order valence-corrected chi connectivity index (χ0v) is 10.2. The topological polar surface area (TPSA) is 52.3 Å². The van der Waals surface area contributed by atoms with E-state index in [0.717, 1.165) is 0 Å². The third kappa shape index (κ3) is 3.82. The van der Waals surface area contributed by atoms with Gasteiger partial charge in [-0.1, -0.05) is 6.92 Å². The van der Waals surface area contributed by atoms with Gasteiger partial charge in [0.25, 0.3) is 0 Å². The van der Waals surface area contributed by atoms with Crippen molar-refractivity contribution in [1.82, 2.24) is 0 Å². The molecule has 0 spiro atoms. The van der Waals surface area contributed by atoms with Crippen molar-refractivity contribution in [2.45, 2.75) is 20.3 Å². The van der Waals surface area contributed by atoms with Crippen LogP contribution in [0.15, 0.2) is 18.2 Å². The maximum absolute atomic E-state index is 13.5. The van der Waals surface area contributed by atoms with Crippen molar-refractivity contribution in [2.75, 3.05) is 13.2 Å². The molecule has 0 saturated carbocycles. The molecule has 17 heavy (non-hydrogen) atoms. The Bertz CT molecular complexity index is 393. The molecule has 1 aromatic carbocycles. The fourth-order valence-electron chi connectivity index (χ4n) is 1.46.